The van der Waals surface area contributed by atoms with Gasteiger partial charge in [0.2, 0.25) is 5.91 Å². The Balaban J connectivity index is 1.82. The van der Waals surface area contributed by atoms with Crippen molar-refractivity contribution in [2.24, 2.45) is 7.05 Å². The zero-order valence-corrected chi connectivity index (χ0v) is 13.0. The van der Waals surface area contributed by atoms with Crippen molar-refractivity contribution < 1.29 is 4.79 Å². The summed E-state index contributed by atoms with van der Waals surface area (Å²) in [6, 6.07) is 6.10. The van der Waals surface area contributed by atoms with E-state index in [0.717, 1.165) is 24.4 Å². The molecule has 0 aliphatic rings. The summed E-state index contributed by atoms with van der Waals surface area (Å²) in [6.07, 6.45) is 2.38. The molecule has 0 atom stereocenters. The number of carbonyl (C=O) groups is 1. The number of amides is 1. The minimum Gasteiger partial charge on any atom is -0.311 e. The first-order valence-corrected chi connectivity index (χ1v) is 7.80. The molecular formula is C15H21N3OS. The van der Waals surface area contributed by atoms with Gasteiger partial charge in [0.25, 0.3) is 0 Å². The van der Waals surface area contributed by atoms with Crippen LogP contribution in [0.3, 0.4) is 0 Å². The number of hydrogen-bond acceptors (Lipinski definition) is 3. The van der Waals surface area contributed by atoms with Gasteiger partial charge in [-0.3, -0.25) is 9.48 Å². The molecule has 0 fully saturated rings. The molecule has 2 rings (SSSR count). The Bertz CT molecular complexity index is 558. The van der Waals surface area contributed by atoms with Gasteiger partial charge in [0.15, 0.2) is 0 Å². The van der Waals surface area contributed by atoms with E-state index in [1.807, 2.05) is 19.2 Å². The first-order valence-electron chi connectivity index (χ1n) is 6.92. The second-order valence-electron chi connectivity index (χ2n) is 5.21. The van der Waals surface area contributed by atoms with E-state index in [1.165, 1.54) is 4.88 Å². The fraction of sp³-hybridized carbons (Fsp3) is 0.467. The summed E-state index contributed by atoms with van der Waals surface area (Å²) in [6.45, 7) is 4.18. The number of nitrogens with zero attached hydrogens (tertiary/aromatic N) is 2. The van der Waals surface area contributed by atoms with E-state index in [0.29, 0.717) is 12.3 Å². The zero-order valence-electron chi connectivity index (χ0n) is 12.2. The van der Waals surface area contributed by atoms with Gasteiger partial charge in [0.05, 0.1) is 5.69 Å². The van der Waals surface area contributed by atoms with Crippen LogP contribution in [0.15, 0.2) is 23.6 Å². The predicted octanol–water partition coefficient (Wildman–Crippen LogP) is 3.57. The minimum atomic E-state index is 0.0554. The van der Waals surface area contributed by atoms with Crippen molar-refractivity contribution in [2.75, 3.05) is 5.32 Å². The van der Waals surface area contributed by atoms with E-state index in [1.54, 1.807) is 16.0 Å². The molecule has 0 bridgehead atoms. The lowest BCUT2D eigenvalue weighted by Crippen LogP contribution is -2.14. The SMILES string of the molecule is CC(C)c1cc(NC(=O)CCCc2cccs2)n(C)n1. The van der Waals surface area contributed by atoms with Crippen molar-refractivity contribution in [1.29, 1.82) is 0 Å². The number of hydrogen-bond donors (Lipinski definition) is 1. The van der Waals surface area contributed by atoms with Gasteiger partial charge in [-0.25, -0.2) is 0 Å². The summed E-state index contributed by atoms with van der Waals surface area (Å²) in [4.78, 5) is 13.3. The Morgan fingerprint density at radius 1 is 1.50 bits per heavy atom. The third-order valence-corrected chi connectivity index (χ3v) is 4.10. The van der Waals surface area contributed by atoms with Gasteiger partial charge in [-0.2, -0.15) is 5.10 Å². The molecule has 2 aromatic rings. The van der Waals surface area contributed by atoms with Crippen molar-refractivity contribution in [3.8, 4) is 0 Å². The lowest BCUT2D eigenvalue weighted by Gasteiger charge is -2.04. The fourth-order valence-corrected chi connectivity index (χ4v) is 2.72. The Hall–Kier alpha value is -1.62. The zero-order chi connectivity index (χ0) is 14.5. The average molecular weight is 291 g/mol. The van der Waals surface area contributed by atoms with Gasteiger partial charge >= 0.3 is 0 Å². The molecule has 0 aromatic carbocycles. The van der Waals surface area contributed by atoms with E-state index in [-0.39, 0.29) is 5.91 Å². The largest absolute Gasteiger partial charge is 0.311 e. The second-order valence-corrected chi connectivity index (χ2v) is 6.25. The minimum absolute atomic E-state index is 0.0554. The van der Waals surface area contributed by atoms with Crippen molar-refractivity contribution in [3.05, 3.63) is 34.2 Å². The van der Waals surface area contributed by atoms with Crippen LogP contribution in [0.2, 0.25) is 0 Å². The first kappa shape index (κ1) is 14.8. The molecule has 0 unspecified atom stereocenters. The van der Waals surface area contributed by atoms with Gasteiger partial charge in [-0.15, -0.1) is 11.3 Å². The maximum absolute atomic E-state index is 11.9. The summed E-state index contributed by atoms with van der Waals surface area (Å²) in [7, 11) is 1.85. The van der Waals surface area contributed by atoms with Crippen molar-refractivity contribution in [1.82, 2.24) is 9.78 Å². The Morgan fingerprint density at radius 2 is 2.30 bits per heavy atom. The number of nitrogens with one attached hydrogen (secondary N) is 1. The van der Waals surface area contributed by atoms with Crippen LogP contribution in [0.4, 0.5) is 5.82 Å². The van der Waals surface area contributed by atoms with E-state index < -0.39 is 0 Å². The van der Waals surface area contributed by atoms with Crippen LogP contribution in [0, 0.1) is 0 Å². The number of aryl methyl sites for hydroxylation is 2. The normalized spacial score (nSPS) is 11.0. The summed E-state index contributed by atoms with van der Waals surface area (Å²) < 4.78 is 1.73. The van der Waals surface area contributed by atoms with E-state index in [2.05, 4.69) is 35.7 Å². The number of rotatable bonds is 6. The maximum Gasteiger partial charge on any atom is 0.225 e. The monoisotopic (exact) mass is 291 g/mol. The Labute approximate surface area is 123 Å². The summed E-state index contributed by atoms with van der Waals surface area (Å²) >= 11 is 1.74. The van der Waals surface area contributed by atoms with Crippen LogP contribution in [-0.4, -0.2) is 15.7 Å². The molecular weight excluding hydrogens is 270 g/mol. The molecule has 20 heavy (non-hydrogen) atoms. The van der Waals surface area contributed by atoms with E-state index >= 15 is 0 Å². The third-order valence-electron chi connectivity index (χ3n) is 3.16. The van der Waals surface area contributed by atoms with E-state index in [9.17, 15) is 4.79 Å². The van der Waals surface area contributed by atoms with Gasteiger partial charge in [-0.1, -0.05) is 19.9 Å². The van der Waals surface area contributed by atoms with Crippen molar-refractivity contribution >= 4 is 23.1 Å². The number of anilines is 1. The smallest absolute Gasteiger partial charge is 0.225 e. The van der Waals surface area contributed by atoms with Crippen LogP contribution >= 0.6 is 11.3 Å². The molecule has 5 heteroatoms. The Kier molecular flexibility index (Phi) is 4.95. The average Bonchev–Trinajstić information content (AvgIpc) is 3.00. The van der Waals surface area contributed by atoms with Crippen molar-refractivity contribution in [2.45, 2.75) is 39.0 Å². The third kappa shape index (κ3) is 3.93. The van der Waals surface area contributed by atoms with E-state index in [4.69, 9.17) is 0 Å². The molecule has 0 aliphatic carbocycles. The molecule has 0 saturated heterocycles. The molecule has 4 nitrogen and oxygen atoms in total. The molecule has 2 aromatic heterocycles. The molecule has 1 N–H and O–H groups in total. The standard InChI is InChI=1S/C15H21N3OS/c1-11(2)13-10-14(18(3)17-13)16-15(19)8-4-6-12-7-5-9-20-12/h5,7,9-11H,4,6,8H2,1-3H3,(H,16,19). The lowest BCUT2D eigenvalue weighted by molar-refractivity contribution is -0.116. The summed E-state index contributed by atoms with van der Waals surface area (Å²) in [5.74, 6) is 1.19. The van der Waals surface area contributed by atoms with Crippen LogP contribution in [0.25, 0.3) is 0 Å². The highest BCUT2D eigenvalue weighted by molar-refractivity contribution is 7.09. The highest BCUT2D eigenvalue weighted by atomic mass is 32.1. The summed E-state index contributed by atoms with van der Waals surface area (Å²) in [5, 5.41) is 9.39. The molecule has 2 heterocycles. The number of aromatic nitrogens is 2. The molecule has 0 aliphatic heterocycles. The number of thiophene rings is 1. The molecule has 108 valence electrons. The van der Waals surface area contributed by atoms with Crippen molar-refractivity contribution in [3.63, 3.8) is 0 Å². The van der Waals surface area contributed by atoms with Crippen LogP contribution in [0.5, 0.6) is 0 Å². The van der Waals surface area contributed by atoms with Gasteiger partial charge < -0.3 is 5.32 Å². The van der Waals surface area contributed by atoms with Crippen LogP contribution < -0.4 is 5.32 Å². The molecule has 1 amide bonds. The molecule has 0 saturated carbocycles. The molecule has 0 radical (unpaired) electrons. The second kappa shape index (κ2) is 6.70. The lowest BCUT2D eigenvalue weighted by atomic mass is 10.1. The predicted molar refractivity (Wildman–Crippen MR) is 83.2 cm³/mol. The summed E-state index contributed by atoms with van der Waals surface area (Å²) in [5.41, 5.74) is 1.00. The van der Waals surface area contributed by atoms with Crippen LogP contribution in [0.1, 0.15) is 43.2 Å². The highest BCUT2D eigenvalue weighted by Crippen LogP contribution is 2.17. The molecule has 0 spiro atoms. The topological polar surface area (TPSA) is 46.9 Å². The highest BCUT2D eigenvalue weighted by Gasteiger charge is 2.10. The fourth-order valence-electron chi connectivity index (χ4n) is 1.97. The van der Waals surface area contributed by atoms with Gasteiger partial charge in [0, 0.05) is 24.4 Å². The van der Waals surface area contributed by atoms with Gasteiger partial charge in [-0.05, 0) is 30.2 Å². The Morgan fingerprint density at radius 3 is 2.90 bits per heavy atom. The first-order chi connectivity index (χ1) is 9.56. The van der Waals surface area contributed by atoms with Gasteiger partial charge in [0.1, 0.15) is 5.82 Å². The number of carbonyl (C=O) groups excluding carboxylic acids is 1. The quantitative estimate of drug-likeness (QED) is 0.884. The van der Waals surface area contributed by atoms with Crippen LogP contribution in [-0.2, 0) is 18.3 Å². The maximum atomic E-state index is 11.9.